The maximum Gasteiger partial charge on any atom is 0.368 e. The highest BCUT2D eigenvalue weighted by Gasteiger charge is 2.24. The minimum atomic E-state index is -1.12. The number of tetrazole rings is 1. The van der Waals surface area contributed by atoms with Gasteiger partial charge in [0.2, 0.25) is 0 Å². The summed E-state index contributed by atoms with van der Waals surface area (Å²) in [6.45, 7) is 5.84. The molecule has 0 fully saturated rings. The first-order chi connectivity index (χ1) is 14.4. The van der Waals surface area contributed by atoms with Crippen molar-refractivity contribution in [3.8, 4) is 11.4 Å². The summed E-state index contributed by atoms with van der Waals surface area (Å²) in [6, 6.07) is 14.2. The second-order valence-corrected chi connectivity index (χ2v) is 7.32. The Bertz CT molecular complexity index is 1290. The van der Waals surface area contributed by atoms with E-state index in [4.69, 9.17) is 11.6 Å². The van der Waals surface area contributed by atoms with E-state index in [9.17, 15) is 9.90 Å². The monoisotopic (exact) mass is 422 g/mol. The molecular weight excluding hydrogens is 404 g/mol. The van der Waals surface area contributed by atoms with Crippen molar-refractivity contribution in [1.82, 2.24) is 29.6 Å². The van der Waals surface area contributed by atoms with Crippen molar-refractivity contribution in [2.45, 2.75) is 13.0 Å². The number of allylic oxidation sites excluding steroid dienone is 1. The Hall–Kier alpha value is -3.49. The van der Waals surface area contributed by atoms with E-state index in [2.05, 4.69) is 22.1 Å². The lowest BCUT2D eigenvalue weighted by Crippen LogP contribution is -2.24. The maximum absolute atomic E-state index is 12.4. The normalized spacial score (nSPS) is 12.1. The van der Waals surface area contributed by atoms with E-state index in [0.717, 1.165) is 20.6 Å². The predicted octanol–water partition coefficient (Wildman–Crippen LogP) is 2.92. The van der Waals surface area contributed by atoms with Gasteiger partial charge in [-0.25, -0.2) is 9.48 Å². The van der Waals surface area contributed by atoms with Crippen LogP contribution in [0.1, 0.15) is 29.8 Å². The highest BCUT2D eigenvalue weighted by Crippen LogP contribution is 2.32. The minimum Gasteiger partial charge on any atom is -0.382 e. The van der Waals surface area contributed by atoms with Gasteiger partial charge in [-0.2, -0.15) is 14.5 Å². The summed E-state index contributed by atoms with van der Waals surface area (Å²) < 4.78 is 3.92. The van der Waals surface area contributed by atoms with Crippen molar-refractivity contribution in [1.29, 1.82) is 0 Å². The van der Waals surface area contributed by atoms with Gasteiger partial charge in [-0.15, -0.1) is 0 Å². The van der Waals surface area contributed by atoms with E-state index in [-0.39, 0.29) is 0 Å². The third kappa shape index (κ3) is 3.47. The largest absolute Gasteiger partial charge is 0.382 e. The summed E-state index contributed by atoms with van der Waals surface area (Å²) in [7, 11) is 1.51. The molecule has 2 aromatic carbocycles. The first kappa shape index (κ1) is 19.8. The lowest BCUT2D eigenvalue weighted by atomic mass is 9.94. The minimum absolute atomic E-state index is 0.414. The number of halogens is 1. The lowest BCUT2D eigenvalue weighted by Gasteiger charge is -2.18. The zero-order chi connectivity index (χ0) is 21.4. The molecule has 9 heteroatoms. The van der Waals surface area contributed by atoms with Crippen LogP contribution in [0.15, 0.2) is 66.1 Å². The van der Waals surface area contributed by atoms with Crippen LogP contribution in [0.4, 0.5) is 0 Å². The number of aliphatic hydroxyl groups is 1. The molecular formula is C21H19ClN6O2. The third-order valence-electron chi connectivity index (χ3n) is 4.75. The van der Waals surface area contributed by atoms with Crippen molar-refractivity contribution >= 4 is 17.2 Å². The maximum atomic E-state index is 12.4. The second kappa shape index (κ2) is 7.74. The van der Waals surface area contributed by atoms with Crippen LogP contribution in [-0.2, 0) is 7.05 Å². The van der Waals surface area contributed by atoms with Gasteiger partial charge in [-0.05, 0) is 59.3 Å². The van der Waals surface area contributed by atoms with E-state index in [1.54, 1.807) is 41.2 Å². The summed E-state index contributed by atoms with van der Waals surface area (Å²) in [4.78, 5) is 12.4. The fourth-order valence-corrected chi connectivity index (χ4v) is 3.36. The van der Waals surface area contributed by atoms with E-state index in [1.807, 2.05) is 25.1 Å². The van der Waals surface area contributed by atoms with Crippen LogP contribution in [0.25, 0.3) is 16.9 Å². The molecule has 0 aliphatic carbocycles. The first-order valence-corrected chi connectivity index (χ1v) is 9.52. The number of hydrogen-bond acceptors (Lipinski definition) is 5. The summed E-state index contributed by atoms with van der Waals surface area (Å²) in [5.41, 5.74) is 3.14. The predicted molar refractivity (Wildman–Crippen MR) is 114 cm³/mol. The molecule has 0 saturated heterocycles. The molecule has 4 rings (SSSR count). The fourth-order valence-electron chi connectivity index (χ4n) is 3.23. The molecule has 4 aromatic rings. The Kier molecular flexibility index (Phi) is 5.11. The molecule has 1 N–H and O–H groups in total. The van der Waals surface area contributed by atoms with Gasteiger partial charge in [-0.3, -0.25) is 0 Å². The van der Waals surface area contributed by atoms with Crippen LogP contribution < -0.4 is 5.69 Å². The summed E-state index contributed by atoms with van der Waals surface area (Å²) in [5.74, 6) is 0. The van der Waals surface area contributed by atoms with Gasteiger partial charge in [0, 0.05) is 23.8 Å². The molecule has 2 aromatic heterocycles. The smallest absolute Gasteiger partial charge is 0.368 e. The average molecular weight is 423 g/mol. The molecule has 0 aliphatic heterocycles. The molecule has 0 bridgehead atoms. The zero-order valence-electron chi connectivity index (χ0n) is 16.4. The molecule has 0 saturated carbocycles. The highest BCUT2D eigenvalue weighted by atomic mass is 35.5. The van der Waals surface area contributed by atoms with Gasteiger partial charge >= 0.3 is 5.69 Å². The van der Waals surface area contributed by atoms with Gasteiger partial charge in [0.05, 0.1) is 17.1 Å². The van der Waals surface area contributed by atoms with E-state index < -0.39 is 11.8 Å². The molecule has 1 atom stereocenters. The zero-order valence-corrected chi connectivity index (χ0v) is 17.2. The summed E-state index contributed by atoms with van der Waals surface area (Å²) in [5, 5.41) is 24.1. The van der Waals surface area contributed by atoms with Gasteiger partial charge in [0.15, 0.2) is 0 Å². The Morgan fingerprint density at radius 3 is 2.50 bits per heavy atom. The number of aromatic nitrogens is 6. The average Bonchev–Trinajstić information content (AvgIpc) is 3.35. The van der Waals surface area contributed by atoms with Crippen molar-refractivity contribution in [2.24, 2.45) is 7.05 Å². The van der Waals surface area contributed by atoms with Crippen molar-refractivity contribution in [3.05, 3.63) is 93.6 Å². The van der Waals surface area contributed by atoms with E-state index in [1.165, 1.54) is 7.05 Å². The Morgan fingerprint density at radius 1 is 1.13 bits per heavy atom. The van der Waals surface area contributed by atoms with Gasteiger partial charge in [-0.1, -0.05) is 35.9 Å². The molecule has 0 amide bonds. The number of aliphatic hydroxyl groups excluding tert-OH is 1. The summed E-state index contributed by atoms with van der Waals surface area (Å²) in [6.07, 6.45) is 0.634. The lowest BCUT2D eigenvalue weighted by molar-refractivity contribution is 0.214. The highest BCUT2D eigenvalue weighted by molar-refractivity contribution is 6.30. The van der Waals surface area contributed by atoms with E-state index >= 15 is 0 Å². The number of benzene rings is 2. The first-order valence-electron chi connectivity index (χ1n) is 9.14. The molecule has 8 nitrogen and oxygen atoms in total. The molecule has 0 radical (unpaired) electrons. The molecule has 0 aliphatic rings. The van der Waals surface area contributed by atoms with Crippen LogP contribution in [-0.4, -0.2) is 34.7 Å². The van der Waals surface area contributed by atoms with Gasteiger partial charge in [0.25, 0.3) is 0 Å². The van der Waals surface area contributed by atoms with Gasteiger partial charge in [0.1, 0.15) is 6.10 Å². The number of nitrogens with zero attached hydrogens (tertiary/aromatic N) is 6. The van der Waals surface area contributed by atoms with E-state index in [0.29, 0.717) is 27.5 Å². The third-order valence-corrected chi connectivity index (χ3v) is 5.00. The number of aryl methyl sites for hydroxylation is 1. The number of rotatable bonds is 5. The Labute approximate surface area is 177 Å². The van der Waals surface area contributed by atoms with Crippen molar-refractivity contribution < 1.29 is 5.11 Å². The van der Waals surface area contributed by atoms with Crippen molar-refractivity contribution in [2.75, 3.05) is 0 Å². The molecule has 0 spiro atoms. The second-order valence-electron chi connectivity index (χ2n) is 6.88. The molecule has 1 unspecified atom stereocenters. The fraction of sp³-hybridized carbons (Fsp3) is 0.143. The standard InChI is InChI=1S/C21H19ClN6O2/c1-13(2)16-5-4-6-18(28-21(30)26(3)24-25-28)19(16)20(29)17-11-12-27(23-17)15-9-7-14(22)8-10-15/h4-12,20,29H,1H2,2-3H3. The SMILES string of the molecule is C=C(C)c1cccc(-n2nnn(C)c2=O)c1C(O)c1ccn(-c2ccc(Cl)cc2)n1. The van der Waals surface area contributed by atoms with Crippen LogP contribution in [0.3, 0.4) is 0 Å². The quantitative estimate of drug-likeness (QED) is 0.534. The molecule has 152 valence electrons. The van der Waals surface area contributed by atoms with Gasteiger partial charge < -0.3 is 5.11 Å². The van der Waals surface area contributed by atoms with Crippen LogP contribution >= 0.6 is 11.6 Å². The summed E-state index contributed by atoms with van der Waals surface area (Å²) >= 11 is 5.95. The Balaban J connectivity index is 1.83. The molecule has 30 heavy (non-hydrogen) atoms. The number of hydrogen-bond donors (Lipinski definition) is 1. The van der Waals surface area contributed by atoms with Crippen molar-refractivity contribution in [3.63, 3.8) is 0 Å². The van der Waals surface area contributed by atoms with Crippen LogP contribution in [0.2, 0.25) is 5.02 Å². The topological polar surface area (TPSA) is 90.8 Å². The van der Waals surface area contributed by atoms with Crippen LogP contribution in [0.5, 0.6) is 0 Å². The van der Waals surface area contributed by atoms with Crippen LogP contribution in [0, 0.1) is 0 Å². The molecule has 2 heterocycles. The Morgan fingerprint density at radius 2 is 1.87 bits per heavy atom.